The lowest BCUT2D eigenvalue weighted by Gasteiger charge is -2.17. The number of nitrogens with two attached hydrogens (primary N) is 1. The third-order valence-electron chi connectivity index (χ3n) is 2.41. The van der Waals surface area contributed by atoms with Gasteiger partial charge in [0, 0.05) is 5.56 Å². The monoisotopic (exact) mass is 301 g/mol. The van der Waals surface area contributed by atoms with E-state index in [0.29, 0.717) is 29.4 Å². The Morgan fingerprint density at radius 2 is 2.16 bits per heavy atom. The van der Waals surface area contributed by atoms with E-state index in [2.05, 4.69) is 0 Å². The first kappa shape index (κ1) is 15.7. The van der Waals surface area contributed by atoms with Crippen LogP contribution in [0.3, 0.4) is 0 Å². The molecule has 0 aliphatic carbocycles. The molecule has 6 heteroatoms. The number of carbonyl (C=O) groups is 1. The standard InChI is InChI=1S/C13H16ClNO3S/c1-3-10(13(16)17-4-2)18-11-6-5-8(12(15)19)7-9(11)14/h5-7,10H,3-4H2,1-2H3,(H2,15,19). The van der Waals surface area contributed by atoms with E-state index in [1.54, 1.807) is 25.1 Å². The number of thiocarbonyl (C=S) groups is 1. The zero-order chi connectivity index (χ0) is 14.4. The number of hydrogen-bond acceptors (Lipinski definition) is 4. The fraction of sp³-hybridized carbons (Fsp3) is 0.385. The van der Waals surface area contributed by atoms with Crippen LogP contribution in [0.2, 0.25) is 5.02 Å². The summed E-state index contributed by atoms with van der Waals surface area (Å²) in [6.45, 7) is 3.89. The topological polar surface area (TPSA) is 61.5 Å². The Balaban J connectivity index is 2.86. The van der Waals surface area contributed by atoms with Crippen molar-refractivity contribution in [3.05, 3.63) is 28.8 Å². The number of ether oxygens (including phenoxy) is 2. The van der Waals surface area contributed by atoms with Crippen molar-refractivity contribution in [3.63, 3.8) is 0 Å². The summed E-state index contributed by atoms with van der Waals surface area (Å²) >= 11 is 10.9. The highest BCUT2D eigenvalue weighted by atomic mass is 35.5. The molecule has 0 bridgehead atoms. The van der Waals surface area contributed by atoms with Gasteiger partial charge in [-0.2, -0.15) is 0 Å². The molecule has 0 aromatic heterocycles. The number of carbonyl (C=O) groups excluding carboxylic acids is 1. The van der Waals surface area contributed by atoms with E-state index < -0.39 is 12.1 Å². The van der Waals surface area contributed by atoms with E-state index in [1.165, 1.54) is 0 Å². The summed E-state index contributed by atoms with van der Waals surface area (Å²) in [6, 6.07) is 4.94. The number of hydrogen-bond donors (Lipinski definition) is 1. The number of rotatable bonds is 6. The van der Waals surface area contributed by atoms with Crippen molar-refractivity contribution in [2.45, 2.75) is 26.4 Å². The highest BCUT2D eigenvalue weighted by Crippen LogP contribution is 2.27. The average molecular weight is 302 g/mol. The number of esters is 1. The molecule has 0 saturated heterocycles. The highest BCUT2D eigenvalue weighted by Gasteiger charge is 2.20. The third-order valence-corrected chi connectivity index (χ3v) is 2.94. The van der Waals surface area contributed by atoms with Crippen molar-refractivity contribution in [1.82, 2.24) is 0 Å². The van der Waals surface area contributed by atoms with E-state index in [0.717, 1.165) is 0 Å². The summed E-state index contributed by atoms with van der Waals surface area (Å²) in [5.41, 5.74) is 6.16. The van der Waals surface area contributed by atoms with Crippen molar-refractivity contribution in [1.29, 1.82) is 0 Å². The molecule has 2 N–H and O–H groups in total. The van der Waals surface area contributed by atoms with Crippen LogP contribution in [0.4, 0.5) is 0 Å². The molecule has 0 radical (unpaired) electrons. The van der Waals surface area contributed by atoms with Crippen molar-refractivity contribution >= 4 is 34.8 Å². The minimum atomic E-state index is -0.673. The van der Waals surface area contributed by atoms with Crippen LogP contribution in [0, 0.1) is 0 Å². The second kappa shape index (κ2) is 7.31. The first-order valence-corrected chi connectivity index (χ1v) is 6.70. The molecule has 0 aliphatic heterocycles. The molecule has 0 saturated carbocycles. The molecule has 1 rings (SSSR count). The van der Waals surface area contributed by atoms with Gasteiger partial charge < -0.3 is 15.2 Å². The van der Waals surface area contributed by atoms with Gasteiger partial charge in [-0.3, -0.25) is 0 Å². The van der Waals surface area contributed by atoms with Gasteiger partial charge in [-0.1, -0.05) is 30.7 Å². The summed E-state index contributed by atoms with van der Waals surface area (Å²) in [4.78, 5) is 11.9. The molecule has 0 fully saturated rings. The van der Waals surface area contributed by atoms with Crippen LogP contribution < -0.4 is 10.5 Å². The molecular weight excluding hydrogens is 286 g/mol. The van der Waals surface area contributed by atoms with Gasteiger partial charge in [0.25, 0.3) is 0 Å². The second-order valence-corrected chi connectivity index (χ2v) is 4.62. The fourth-order valence-electron chi connectivity index (χ4n) is 1.44. The Morgan fingerprint density at radius 3 is 2.63 bits per heavy atom. The lowest BCUT2D eigenvalue weighted by Crippen LogP contribution is -2.28. The van der Waals surface area contributed by atoms with Gasteiger partial charge in [0.15, 0.2) is 6.10 Å². The highest BCUT2D eigenvalue weighted by molar-refractivity contribution is 7.80. The van der Waals surface area contributed by atoms with Crippen LogP contribution in [0.25, 0.3) is 0 Å². The summed E-state index contributed by atoms with van der Waals surface area (Å²) in [5, 5.41) is 0.355. The van der Waals surface area contributed by atoms with E-state index in [4.69, 9.17) is 39.0 Å². The van der Waals surface area contributed by atoms with Crippen molar-refractivity contribution < 1.29 is 14.3 Å². The van der Waals surface area contributed by atoms with Crippen molar-refractivity contribution in [2.24, 2.45) is 5.73 Å². The Labute approximate surface area is 122 Å². The maximum Gasteiger partial charge on any atom is 0.347 e. The molecule has 1 unspecified atom stereocenters. The van der Waals surface area contributed by atoms with Gasteiger partial charge >= 0.3 is 5.97 Å². The summed E-state index contributed by atoms with van der Waals surface area (Å²) in [5.74, 6) is 0.000980. The van der Waals surface area contributed by atoms with Crippen LogP contribution >= 0.6 is 23.8 Å². The van der Waals surface area contributed by atoms with Gasteiger partial charge in [0.1, 0.15) is 10.7 Å². The van der Waals surface area contributed by atoms with E-state index in [1.807, 2.05) is 6.92 Å². The molecule has 4 nitrogen and oxygen atoms in total. The quantitative estimate of drug-likeness (QED) is 0.646. The molecule has 0 heterocycles. The normalized spacial score (nSPS) is 11.7. The van der Waals surface area contributed by atoms with E-state index in [9.17, 15) is 4.79 Å². The molecule has 1 aromatic carbocycles. The predicted octanol–water partition coefficient (Wildman–Crippen LogP) is 2.69. The smallest absolute Gasteiger partial charge is 0.347 e. The van der Waals surface area contributed by atoms with E-state index in [-0.39, 0.29) is 4.99 Å². The lowest BCUT2D eigenvalue weighted by molar-refractivity contribution is -0.151. The molecule has 0 amide bonds. The van der Waals surface area contributed by atoms with E-state index >= 15 is 0 Å². The maximum atomic E-state index is 11.6. The molecule has 0 aliphatic rings. The lowest BCUT2D eigenvalue weighted by atomic mass is 10.2. The Morgan fingerprint density at radius 1 is 1.47 bits per heavy atom. The first-order chi connectivity index (χ1) is 8.99. The minimum absolute atomic E-state index is 0.255. The maximum absolute atomic E-state index is 11.6. The van der Waals surface area contributed by atoms with Gasteiger partial charge in [-0.25, -0.2) is 4.79 Å². The number of halogens is 1. The van der Waals surface area contributed by atoms with Crippen LogP contribution in [0.1, 0.15) is 25.8 Å². The number of benzene rings is 1. The molecule has 1 aromatic rings. The summed E-state index contributed by atoms with van der Waals surface area (Å²) in [7, 11) is 0. The van der Waals surface area contributed by atoms with Gasteiger partial charge in [0.05, 0.1) is 11.6 Å². The van der Waals surface area contributed by atoms with Crippen molar-refractivity contribution in [3.8, 4) is 5.75 Å². The predicted molar refractivity (Wildman–Crippen MR) is 78.7 cm³/mol. The van der Waals surface area contributed by atoms with Crippen LogP contribution in [-0.4, -0.2) is 23.7 Å². The Bertz CT molecular complexity index is 479. The summed E-state index contributed by atoms with van der Waals surface area (Å²) in [6.07, 6.45) is -0.181. The third kappa shape index (κ3) is 4.36. The fourth-order valence-corrected chi connectivity index (χ4v) is 1.79. The summed E-state index contributed by atoms with van der Waals surface area (Å²) < 4.78 is 10.5. The Kier molecular flexibility index (Phi) is 6.05. The van der Waals surface area contributed by atoms with Crippen LogP contribution in [0.5, 0.6) is 5.75 Å². The first-order valence-electron chi connectivity index (χ1n) is 5.92. The molecule has 0 spiro atoms. The molecular formula is C13H16ClNO3S. The van der Waals surface area contributed by atoms with Crippen LogP contribution in [-0.2, 0) is 9.53 Å². The molecule has 19 heavy (non-hydrogen) atoms. The zero-order valence-corrected chi connectivity index (χ0v) is 12.4. The molecule has 1 atom stereocenters. The van der Waals surface area contributed by atoms with Crippen molar-refractivity contribution in [2.75, 3.05) is 6.61 Å². The zero-order valence-electron chi connectivity index (χ0n) is 10.8. The van der Waals surface area contributed by atoms with Gasteiger partial charge in [0.2, 0.25) is 0 Å². The van der Waals surface area contributed by atoms with Crippen LogP contribution in [0.15, 0.2) is 18.2 Å². The largest absolute Gasteiger partial charge is 0.477 e. The second-order valence-electron chi connectivity index (χ2n) is 3.78. The van der Waals surface area contributed by atoms with Gasteiger partial charge in [-0.05, 0) is 31.5 Å². The average Bonchev–Trinajstić information content (AvgIpc) is 2.37. The van der Waals surface area contributed by atoms with Gasteiger partial charge in [-0.15, -0.1) is 0 Å². The minimum Gasteiger partial charge on any atom is -0.477 e. The molecule has 104 valence electrons. The Hall–Kier alpha value is -1.33. The SMILES string of the molecule is CCOC(=O)C(CC)Oc1ccc(C(N)=S)cc1Cl.